The molecule has 0 aliphatic rings. The minimum atomic E-state index is -3.89. The molecule has 2 rings (SSSR count). The third kappa shape index (κ3) is 5.57. The minimum absolute atomic E-state index is 0.0871. The van der Waals surface area contributed by atoms with Gasteiger partial charge in [0.05, 0.1) is 25.2 Å². The van der Waals surface area contributed by atoms with Crippen molar-refractivity contribution in [2.45, 2.75) is 24.2 Å². The van der Waals surface area contributed by atoms with Gasteiger partial charge in [-0.1, -0.05) is 12.1 Å². The van der Waals surface area contributed by atoms with Crippen LogP contribution in [-0.2, 0) is 20.2 Å². The average molecular weight is 432 g/mol. The monoisotopic (exact) mass is 431 g/mol. The van der Waals surface area contributed by atoms with Crippen molar-refractivity contribution in [2.75, 3.05) is 32.7 Å². The molecule has 0 fully saturated rings. The van der Waals surface area contributed by atoms with E-state index in [2.05, 4.69) is 16.1 Å². The Hall–Kier alpha value is -2.93. The fraction of sp³-hybridized carbons (Fsp3) is 0.333. The van der Waals surface area contributed by atoms with Crippen LogP contribution in [0, 0.1) is 11.3 Å². The number of carbonyl (C=O) groups excluding carboxylic acids is 1. The molecule has 0 radical (unpaired) electrons. The van der Waals surface area contributed by atoms with Crippen LogP contribution in [0.25, 0.3) is 0 Å². The maximum absolute atomic E-state index is 12.7. The number of ether oxygens (including phenoxy) is 2. The normalized spacial score (nSPS) is 11.6. The standard InChI is InChI=1S/C21H25N3O5S/c1-21(2,14-22)16-6-8-17(9-7-16)24-20(25)15-5-10-18(29-4)19(13-15)30(26,27)23-11-12-28-3/h5-10,13,23H,11-12H2,1-4H3,(H,24,25). The number of rotatable bonds is 9. The van der Waals surface area contributed by atoms with Gasteiger partial charge in [-0.2, -0.15) is 5.26 Å². The molecule has 0 saturated heterocycles. The number of amides is 1. The molecule has 2 N–H and O–H groups in total. The number of hydrogen-bond acceptors (Lipinski definition) is 6. The molecule has 8 nitrogen and oxygen atoms in total. The zero-order valence-corrected chi connectivity index (χ0v) is 18.2. The van der Waals surface area contributed by atoms with E-state index in [0.717, 1.165) is 5.56 Å². The molecule has 0 aromatic heterocycles. The summed E-state index contributed by atoms with van der Waals surface area (Å²) in [6.07, 6.45) is 0. The Kier molecular flexibility index (Phi) is 7.56. The molecule has 2 aromatic rings. The zero-order valence-electron chi connectivity index (χ0n) is 17.4. The number of nitrogens with one attached hydrogen (secondary N) is 2. The number of hydrogen-bond donors (Lipinski definition) is 2. The number of methoxy groups -OCH3 is 2. The SMILES string of the molecule is COCCNS(=O)(=O)c1cc(C(=O)Nc2ccc(C(C)(C)C#N)cc2)ccc1OC. The van der Waals surface area contributed by atoms with E-state index < -0.39 is 21.3 Å². The minimum Gasteiger partial charge on any atom is -0.495 e. The van der Waals surface area contributed by atoms with Gasteiger partial charge in [-0.25, -0.2) is 13.1 Å². The number of sulfonamides is 1. The number of benzene rings is 2. The van der Waals surface area contributed by atoms with Crippen LogP contribution in [0.2, 0.25) is 0 Å². The van der Waals surface area contributed by atoms with Gasteiger partial charge in [0.25, 0.3) is 5.91 Å². The lowest BCUT2D eigenvalue weighted by molar-refractivity contribution is 0.102. The van der Waals surface area contributed by atoms with E-state index in [4.69, 9.17) is 9.47 Å². The molecule has 0 saturated carbocycles. The van der Waals surface area contributed by atoms with E-state index in [-0.39, 0.29) is 29.4 Å². The first-order valence-corrected chi connectivity index (χ1v) is 10.6. The van der Waals surface area contributed by atoms with Crippen LogP contribution >= 0.6 is 0 Å². The molecular weight excluding hydrogens is 406 g/mol. The van der Waals surface area contributed by atoms with Crippen molar-refractivity contribution in [3.8, 4) is 11.8 Å². The predicted molar refractivity (Wildman–Crippen MR) is 113 cm³/mol. The summed E-state index contributed by atoms with van der Waals surface area (Å²) < 4.78 is 37.5. The molecule has 9 heteroatoms. The van der Waals surface area contributed by atoms with E-state index in [0.29, 0.717) is 5.69 Å². The maximum atomic E-state index is 12.7. The summed E-state index contributed by atoms with van der Waals surface area (Å²) in [6.45, 7) is 3.91. The second kappa shape index (κ2) is 9.71. The van der Waals surface area contributed by atoms with Crippen LogP contribution in [0.4, 0.5) is 5.69 Å². The third-order valence-electron chi connectivity index (χ3n) is 4.46. The first-order valence-electron chi connectivity index (χ1n) is 9.14. The zero-order chi connectivity index (χ0) is 22.4. The Morgan fingerprint density at radius 2 is 1.80 bits per heavy atom. The maximum Gasteiger partial charge on any atom is 0.255 e. The fourth-order valence-corrected chi connectivity index (χ4v) is 3.83. The van der Waals surface area contributed by atoms with Crippen molar-refractivity contribution < 1.29 is 22.7 Å². The second-order valence-corrected chi connectivity index (χ2v) is 8.76. The Morgan fingerprint density at radius 3 is 2.37 bits per heavy atom. The first kappa shape index (κ1) is 23.3. The molecule has 0 unspecified atom stereocenters. The predicted octanol–water partition coefficient (Wildman–Crippen LogP) is 2.67. The van der Waals surface area contributed by atoms with Crippen LogP contribution in [0.5, 0.6) is 5.75 Å². The van der Waals surface area contributed by atoms with Gasteiger partial charge in [0, 0.05) is 24.9 Å². The lowest BCUT2D eigenvalue weighted by Gasteiger charge is -2.16. The highest BCUT2D eigenvalue weighted by atomic mass is 32.2. The molecule has 2 aromatic carbocycles. The van der Waals surface area contributed by atoms with Gasteiger partial charge in [-0.15, -0.1) is 0 Å². The van der Waals surface area contributed by atoms with Crippen LogP contribution in [0.3, 0.4) is 0 Å². The average Bonchev–Trinajstić information content (AvgIpc) is 2.73. The molecule has 0 spiro atoms. The highest BCUT2D eigenvalue weighted by Gasteiger charge is 2.22. The van der Waals surface area contributed by atoms with Crippen LogP contribution in [-0.4, -0.2) is 41.7 Å². The summed E-state index contributed by atoms with van der Waals surface area (Å²) in [4.78, 5) is 12.5. The summed E-state index contributed by atoms with van der Waals surface area (Å²) in [5, 5.41) is 11.9. The van der Waals surface area contributed by atoms with Crippen molar-refractivity contribution in [1.82, 2.24) is 4.72 Å². The molecule has 160 valence electrons. The summed E-state index contributed by atoms with van der Waals surface area (Å²) in [5.74, 6) is -0.349. The molecule has 0 aliphatic carbocycles. The third-order valence-corrected chi connectivity index (χ3v) is 5.94. The Labute approximate surface area is 176 Å². The lowest BCUT2D eigenvalue weighted by Crippen LogP contribution is -2.28. The molecule has 1 amide bonds. The van der Waals surface area contributed by atoms with Crippen molar-refractivity contribution in [3.63, 3.8) is 0 Å². The highest BCUT2D eigenvalue weighted by Crippen LogP contribution is 2.26. The number of nitrogens with zero attached hydrogens (tertiary/aromatic N) is 1. The van der Waals surface area contributed by atoms with Gasteiger partial charge in [0.2, 0.25) is 10.0 Å². The topological polar surface area (TPSA) is 118 Å². The van der Waals surface area contributed by atoms with Gasteiger partial charge in [-0.3, -0.25) is 4.79 Å². The van der Waals surface area contributed by atoms with Crippen LogP contribution in [0.1, 0.15) is 29.8 Å². The second-order valence-electron chi connectivity index (χ2n) is 7.02. The summed E-state index contributed by atoms with van der Waals surface area (Å²) in [7, 11) is -1.07. The van der Waals surface area contributed by atoms with E-state index >= 15 is 0 Å². The molecule has 0 atom stereocenters. The first-order chi connectivity index (χ1) is 14.1. The van der Waals surface area contributed by atoms with E-state index in [1.54, 1.807) is 38.1 Å². The lowest BCUT2D eigenvalue weighted by atomic mass is 9.86. The van der Waals surface area contributed by atoms with Crippen molar-refractivity contribution in [2.24, 2.45) is 0 Å². The Morgan fingerprint density at radius 1 is 1.13 bits per heavy atom. The Bertz CT molecular complexity index is 1040. The van der Waals surface area contributed by atoms with E-state index in [9.17, 15) is 18.5 Å². The summed E-state index contributed by atoms with van der Waals surface area (Å²) in [5.41, 5.74) is 0.862. The number of nitriles is 1. The molecule has 0 bridgehead atoms. The number of anilines is 1. The quantitative estimate of drug-likeness (QED) is 0.590. The molecule has 0 heterocycles. The van der Waals surface area contributed by atoms with Crippen molar-refractivity contribution in [3.05, 3.63) is 53.6 Å². The summed E-state index contributed by atoms with van der Waals surface area (Å²) >= 11 is 0. The largest absolute Gasteiger partial charge is 0.495 e. The highest BCUT2D eigenvalue weighted by molar-refractivity contribution is 7.89. The van der Waals surface area contributed by atoms with E-state index in [1.807, 2.05) is 0 Å². The Balaban J connectivity index is 2.25. The van der Waals surface area contributed by atoms with E-state index in [1.165, 1.54) is 32.4 Å². The molecule has 0 aliphatic heterocycles. The smallest absolute Gasteiger partial charge is 0.255 e. The van der Waals surface area contributed by atoms with Gasteiger partial charge < -0.3 is 14.8 Å². The molecule has 30 heavy (non-hydrogen) atoms. The van der Waals surface area contributed by atoms with Gasteiger partial charge in [-0.05, 0) is 49.7 Å². The van der Waals surface area contributed by atoms with Gasteiger partial charge in [0.15, 0.2) is 0 Å². The van der Waals surface area contributed by atoms with Crippen LogP contribution < -0.4 is 14.8 Å². The van der Waals surface area contributed by atoms with Crippen LogP contribution in [0.15, 0.2) is 47.4 Å². The van der Waals surface area contributed by atoms with Gasteiger partial charge >= 0.3 is 0 Å². The molecular formula is C21H25N3O5S. The number of carbonyl (C=O) groups is 1. The summed E-state index contributed by atoms with van der Waals surface area (Å²) in [6, 6.07) is 13.3. The van der Waals surface area contributed by atoms with Gasteiger partial charge in [0.1, 0.15) is 10.6 Å². The van der Waals surface area contributed by atoms with Crippen molar-refractivity contribution >= 4 is 21.6 Å². The van der Waals surface area contributed by atoms with Crippen molar-refractivity contribution in [1.29, 1.82) is 5.26 Å². The fourth-order valence-electron chi connectivity index (χ4n) is 2.62.